The fraction of sp³-hybridized carbons (Fsp3) is 0.250. The Balaban J connectivity index is 1.99. The molecule has 0 radical (unpaired) electrons. The largest absolute Gasteiger partial charge is 0.465 e. The van der Waals surface area contributed by atoms with Crippen LogP contribution in [-0.4, -0.2) is 21.3 Å². The lowest BCUT2D eigenvalue weighted by atomic mass is 9.81. The Labute approximate surface area is 165 Å². The maximum absolute atomic E-state index is 11.5. The Morgan fingerprint density at radius 2 is 2.00 bits per heavy atom. The van der Waals surface area contributed by atoms with Gasteiger partial charge >= 0.3 is 6.09 Å². The molecule has 2 N–H and O–H groups in total. The highest BCUT2D eigenvalue weighted by Gasteiger charge is 2.32. The number of carboxylic acid groups (broad SMARTS) is 1. The smallest absolute Gasteiger partial charge is 0.405 e. The zero-order valence-electron chi connectivity index (χ0n) is 15.1. The summed E-state index contributed by atoms with van der Waals surface area (Å²) in [6.07, 6.45) is 0.0545. The predicted molar refractivity (Wildman–Crippen MR) is 105 cm³/mol. The Morgan fingerprint density at radius 1 is 1.26 bits per heavy atom. The van der Waals surface area contributed by atoms with Gasteiger partial charge in [0.2, 0.25) is 11.7 Å². The lowest BCUT2D eigenvalue weighted by molar-refractivity contribution is 0.175. The molecular formula is C20H20BrN3O3. The number of benzene rings is 2. The van der Waals surface area contributed by atoms with E-state index in [1.54, 1.807) is 6.92 Å². The average molecular weight is 430 g/mol. The molecule has 0 aliphatic carbocycles. The minimum absolute atomic E-state index is 0.501. The van der Waals surface area contributed by atoms with Gasteiger partial charge < -0.3 is 14.9 Å². The zero-order chi connectivity index (χ0) is 19.4. The summed E-state index contributed by atoms with van der Waals surface area (Å²) < 4.78 is 6.00. The standard InChI is InChI=1S/C20H20BrN3O3/c1-3-20(23-19(25)26,16-7-9-17(21)10-8-16)12-14-5-4-6-15(11-14)18-22-13(2)27-24-18/h4-11,23H,3,12H2,1-2H3,(H,25,26). The summed E-state index contributed by atoms with van der Waals surface area (Å²) in [5, 5.41) is 16.2. The van der Waals surface area contributed by atoms with Crippen molar-refractivity contribution >= 4 is 22.0 Å². The summed E-state index contributed by atoms with van der Waals surface area (Å²) in [5.41, 5.74) is 1.99. The van der Waals surface area contributed by atoms with Crippen LogP contribution in [0.5, 0.6) is 0 Å². The number of nitrogens with zero attached hydrogens (tertiary/aromatic N) is 2. The molecular weight excluding hydrogens is 410 g/mol. The first-order valence-corrected chi connectivity index (χ1v) is 9.38. The predicted octanol–water partition coefficient (Wildman–Crippen LogP) is 4.92. The van der Waals surface area contributed by atoms with Gasteiger partial charge in [-0.05, 0) is 42.2 Å². The van der Waals surface area contributed by atoms with Crippen molar-refractivity contribution in [2.24, 2.45) is 0 Å². The van der Waals surface area contributed by atoms with Crippen molar-refractivity contribution in [2.45, 2.75) is 32.2 Å². The first-order chi connectivity index (χ1) is 12.9. The molecule has 7 heteroatoms. The third-order valence-electron chi connectivity index (χ3n) is 4.57. The second-order valence-electron chi connectivity index (χ2n) is 6.39. The molecule has 3 aromatic rings. The van der Waals surface area contributed by atoms with E-state index >= 15 is 0 Å². The third kappa shape index (κ3) is 4.36. The molecule has 0 bridgehead atoms. The van der Waals surface area contributed by atoms with E-state index in [2.05, 4.69) is 31.4 Å². The fourth-order valence-electron chi connectivity index (χ4n) is 3.19. The van der Waals surface area contributed by atoms with Crippen LogP contribution in [0.3, 0.4) is 0 Å². The number of hydrogen-bond donors (Lipinski definition) is 2. The first kappa shape index (κ1) is 19.1. The number of hydrogen-bond acceptors (Lipinski definition) is 4. The molecule has 1 unspecified atom stereocenters. The number of aryl methyl sites for hydroxylation is 1. The minimum Gasteiger partial charge on any atom is -0.465 e. The molecule has 1 aromatic heterocycles. The Kier molecular flexibility index (Phi) is 5.60. The van der Waals surface area contributed by atoms with Gasteiger partial charge in [-0.25, -0.2) is 4.79 Å². The van der Waals surface area contributed by atoms with Gasteiger partial charge in [-0.2, -0.15) is 4.98 Å². The molecule has 0 spiro atoms. The van der Waals surface area contributed by atoms with E-state index in [-0.39, 0.29) is 0 Å². The number of aromatic nitrogens is 2. The van der Waals surface area contributed by atoms with Crippen LogP contribution in [0.2, 0.25) is 0 Å². The molecule has 1 atom stereocenters. The van der Waals surface area contributed by atoms with Crippen molar-refractivity contribution < 1.29 is 14.4 Å². The van der Waals surface area contributed by atoms with Crippen molar-refractivity contribution in [2.75, 3.05) is 0 Å². The maximum atomic E-state index is 11.5. The highest BCUT2D eigenvalue weighted by molar-refractivity contribution is 9.10. The average Bonchev–Trinajstić information content (AvgIpc) is 3.08. The number of halogens is 1. The molecule has 1 heterocycles. The zero-order valence-corrected chi connectivity index (χ0v) is 16.7. The van der Waals surface area contributed by atoms with Gasteiger partial charge in [0.25, 0.3) is 0 Å². The number of nitrogens with one attached hydrogen (secondary N) is 1. The lowest BCUT2D eigenvalue weighted by Crippen LogP contribution is -2.46. The number of carbonyl (C=O) groups is 1. The summed E-state index contributed by atoms with van der Waals surface area (Å²) in [5.74, 6) is 1.02. The molecule has 0 saturated carbocycles. The summed E-state index contributed by atoms with van der Waals surface area (Å²) >= 11 is 3.43. The molecule has 0 saturated heterocycles. The highest BCUT2D eigenvalue weighted by atomic mass is 79.9. The van der Waals surface area contributed by atoms with Crippen molar-refractivity contribution in [3.8, 4) is 11.4 Å². The van der Waals surface area contributed by atoms with Gasteiger partial charge in [-0.15, -0.1) is 0 Å². The van der Waals surface area contributed by atoms with Crippen LogP contribution in [-0.2, 0) is 12.0 Å². The molecule has 3 rings (SSSR count). The lowest BCUT2D eigenvalue weighted by Gasteiger charge is -2.34. The van der Waals surface area contributed by atoms with Crippen LogP contribution < -0.4 is 5.32 Å². The summed E-state index contributed by atoms with van der Waals surface area (Å²) in [6.45, 7) is 3.72. The number of rotatable bonds is 6. The molecule has 0 aliphatic heterocycles. The van der Waals surface area contributed by atoms with Gasteiger partial charge in [-0.3, -0.25) is 0 Å². The number of amides is 1. The Hall–Kier alpha value is -2.67. The molecule has 27 heavy (non-hydrogen) atoms. The van der Waals surface area contributed by atoms with Crippen LogP contribution in [0.4, 0.5) is 4.79 Å². The van der Waals surface area contributed by atoms with Gasteiger partial charge in [-0.1, -0.05) is 58.3 Å². The van der Waals surface area contributed by atoms with E-state index in [0.717, 1.165) is 21.2 Å². The van der Waals surface area contributed by atoms with E-state index in [1.807, 2.05) is 55.5 Å². The van der Waals surface area contributed by atoms with E-state index in [0.29, 0.717) is 24.6 Å². The molecule has 6 nitrogen and oxygen atoms in total. The van der Waals surface area contributed by atoms with Crippen LogP contribution in [0.1, 0.15) is 30.4 Å². The first-order valence-electron chi connectivity index (χ1n) is 8.58. The quantitative estimate of drug-likeness (QED) is 0.580. The molecule has 1 amide bonds. The highest BCUT2D eigenvalue weighted by Crippen LogP contribution is 2.31. The summed E-state index contributed by atoms with van der Waals surface area (Å²) in [4.78, 5) is 15.8. The minimum atomic E-state index is -1.05. The monoisotopic (exact) mass is 429 g/mol. The van der Waals surface area contributed by atoms with E-state index < -0.39 is 11.6 Å². The second kappa shape index (κ2) is 7.92. The Bertz CT molecular complexity index is 940. The van der Waals surface area contributed by atoms with Gasteiger partial charge in [0.15, 0.2) is 0 Å². The maximum Gasteiger partial charge on any atom is 0.405 e. The van der Waals surface area contributed by atoms with Crippen LogP contribution in [0.15, 0.2) is 57.5 Å². The van der Waals surface area contributed by atoms with Crippen molar-refractivity contribution in [3.63, 3.8) is 0 Å². The third-order valence-corrected chi connectivity index (χ3v) is 5.09. The second-order valence-corrected chi connectivity index (χ2v) is 7.30. The molecule has 0 aliphatic rings. The Morgan fingerprint density at radius 3 is 2.59 bits per heavy atom. The molecule has 140 valence electrons. The van der Waals surface area contributed by atoms with Crippen LogP contribution in [0.25, 0.3) is 11.4 Å². The van der Waals surface area contributed by atoms with Crippen LogP contribution >= 0.6 is 15.9 Å². The topological polar surface area (TPSA) is 88.3 Å². The van der Waals surface area contributed by atoms with Crippen LogP contribution in [0, 0.1) is 6.92 Å². The van der Waals surface area contributed by atoms with Gasteiger partial charge in [0.1, 0.15) is 0 Å². The van der Waals surface area contributed by atoms with E-state index in [9.17, 15) is 9.90 Å². The van der Waals surface area contributed by atoms with E-state index in [4.69, 9.17) is 4.52 Å². The van der Waals surface area contributed by atoms with Gasteiger partial charge in [0.05, 0.1) is 5.54 Å². The summed E-state index contributed by atoms with van der Waals surface area (Å²) in [7, 11) is 0. The summed E-state index contributed by atoms with van der Waals surface area (Å²) in [6, 6.07) is 15.5. The normalized spacial score (nSPS) is 13.1. The SMILES string of the molecule is CCC(Cc1cccc(-c2noc(C)n2)c1)(NC(=O)O)c1ccc(Br)cc1. The molecule has 2 aromatic carbocycles. The molecule has 0 fully saturated rings. The van der Waals surface area contributed by atoms with Crippen molar-refractivity contribution in [1.29, 1.82) is 0 Å². The van der Waals surface area contributed by atoms with Gasteiger partial charge in [0, 0.05) is 17.0 Å². The fourth-order valence-corrected chi connectivity index (χ4v) is 3.46. The van der Waals surface area contributed by atoms with Crippen molar-refractivity contribution in [1.82, 2.24) is 15.5 Å². The van der Waals surface area contributed by atoms with E-state index in [1.165, 1.54) is 0 Å². The van der Waals surface area contributed by atoms with Crippen molar-refractivity contribution in [3.05, 3.63) is 70.0 Å².